The lowest BCUT2D eigenvalue weighted by Crippen LogP contribution is -2.37. The fraction of sp³-hybridized carbons (Fsp3) is 0.136. The predicted octanol–water partition coefficient (Wildman–Crippen LogP) is 3.97. The van der Waals surface area contributed by atoms with Crippen molar-refractivity contribution in [1.29, 1.82) is 0 Å². The van der Waals surface area contributed by atoms with Crippen molar-refractivity contribution in [1.82, 2.24) is 4.31 Å². The van der Waals surface area contributed by atoms with Crippen LogP contribution in [0.4, 0.5) is 11.4 Å². The van der Waals surface area contributed by atoms with Gasteiger partial charge in [-0.2, -0.15) is 12.7 Å². The second-order valence-electron chi connectivity index (χ2n) is 6.67. The number of nitrogens with one attached hydrogen (secondary N) is 1. The van der Waals surface area contributed by atoms with Crippen LogP contribution in [0.15, 0.2) is 78.9 Å². The van der Waals surface area contributed by atoms with Gasteiger partial charge in [-0.3, -0.25) is 9.10 Å². The Morgan fingerprint density at radius 2 is 1.43 bits per heavy atom. The summed E-state index contributed by atoms with van der Waals surface area (Å²) in [6, 6.07) is 22.8. The second-order valence-corrected chi connectivity index (χ2v) is 8.84. The highest BCUT2D eigenvalue weighted by atomic mass is 32.2. The first-order valence-corrected chi connectivity index (χ1v) is 10.6. The fourth-order valence-electron chi connectivity index (χ4n) is 2.67. The summed E-state index contributed by atoms with van der Waals surface area (Å²) in [7, 11) is 0.784. The van der Waals surface area contributed by atoms with Gasteiger partial charge in [-0.1, -0.05) is 30.3 Å². The van der Waals surface area contributed by atoms with E-state index in [4.69, 9.17) is 4.74 Å². The number of hydrogen-bond acceptors (Lipinski definition) is 4. The molecule has 0 heterocycles. The second kappa shape index (κ2) is 8.98. The first-order valence-electron chi connectivity index (χ1n) is 9.19. The predicted molar refractivity (Wildman–Crippen MR) is 118 cm³/mol. The number of hydrogen-bond donors (Lipinski definition) is 1. The molecule has 0 aromatic heterocycles. The van der Waals surface area contributed by atoms with Crippen LogP contribution in [-0.2, 0) is 10.2 Å². The minimum Gasteiger partial charge on any atom is -0.455 e. The number of ether oxygens (including phenoxy) is 1. The summed E-state index contributed by atoms with van der Waals surface area (Å²) in [5.41, 5.74) is 1.37. The maximum absolute atomic E-state index is 12.7. The van der Waals surface area contributed by atoms with Crippen LogP contribution in [0.3, 0.4) is 0 Å². The molecule has 0 aliphatic carbocycles. The van der Waals surface area contributed by atoms with Crippen LogP contribution in [0.1, 0.15) is 10.4 Å². The van der Waals surface area contributed by atoms with Gasteiger partial charge in [-0.05, 0) is 48.5 Å². The van der Waals surface area contributed by atoms with Crippen LogP contribution in [0.5, 0.6) is 11.5 Å². The summed E-state index contributed by atoms with van der Waals surface area (Å²) >= 11 is 0. The number of carbonyl (C=O) groups is 1. The van der Waals surface area contributed by atoms with E-state index >= 15 is 0 Å². The minimum atomic E-state index is -3.60. The number of carbonyl (C=O) groups excluding carboxylic acids is 1. The molecule has 0 saturated heterocycles. The summed E-state index contributed by atoms with van der Waals surface area (Å²) in [5, 5.41) is 2.84. The molecule has 0 bridgehead atoms. The van der Waals surface area contributed by atoms with Gasteiger partial charge in [0.1, 0.15) is 5.75 Å². The highest BCUT2D eigenvalue weighted by Crippen LogP contribution is 2.29. The average Bonchev–Trinajstić information content (AvgIpc) is 2.75. The van der Waals surface area contributed by atoms with Gasteiger partial charge in [0.25, 0.3) is 5.91 Å². The van der Waals surface area contributed by atoms with Gasteiger partial charge in [-0.15, -0.1) is 0 Å². The zero-order valence-electron chi connectivity index (χ0n) is 16.9. The Balaban J connectivity index is 1.76. The molecule has 0 saturated carbocycles. The number of amides is 1. The lowest BCUT2D eigenvalue weighted by Gasteiger charge is -2.23. The normalized spacial score (nSPS) is 11.2. The minimum absolute atomic E-state index is 0.330. The molecule has 3 aromatic carbocycles. The van der Waals surface area contributed by atoms with Crippen molar-refractivity contribution in [3.63, 3.8) is 0 Å². The zero-order valence-corrected chi connectivity index (χ0v) is 17.8. The summed E-state index contributed by atoms with van der Waals surface area (Å²) in [6.07, 6.45) is 0. The Morgan fingerprint density at radius 3 is 2.07 bits per heavy atom. The molecule has 0 fully saturated rings. The SMILES string of the molecule is CN(C)S(=O)(=O)N(C)c1ccc(C(=O)Nc2ccccc2Oc2ccccc2)cc1. The molecule has 8 heteroatoms. The Labute approximate surface area is 176 Å². The monoisotopic (exact) mass is 425 g/mol. The molecule has 0 aliphatic rings. The third kappa shape index (κ3) is 4.79. The number of anilines is 2. The molecule has 0 unspecified atom stereocenters. The zero-order chi connectivity index (χ0) is 21.7. The van der Waals surface area contributed by atoms with E-state index in [1.54, 1.807) is 42.5 Å². The molecular weight excluding hydrogens is 402 g/mol. The maximum atomic E-state index is 12.7. The van der Waals surface area contributed by atoms with E-state index in [2.05, 4.69) is 5.32 Å². The average molecular weight is 426 g/mol. The number of benzene rings is 3. The lowest BCUT2D eigenvalue weighted by atomic mass is 10.2. The summed E-state index contributed by atoms with van der Waals surface area (Å²) in [5.74, 6) is 0.850. The molecule has 1 amide bonds. The van der Waals surface area contributed by atoms with Crippen molar-refractivity contribution in [3.8, 4) is 11.5 Å². The standard InChI is InChI=1S/C22H23N3O4S/c1-24(2)30(27,28)25(3)18-15-13-17(14-16-18)22(26)23-20-11-7-8-12-21(20)29-19-9-5-4-6-10-19/h4-16H,1-3H3,(H,23,26). The van der Waals surface area contributed by atoms with Crippen LogP contribution in [-0.4, -0.2) is 39.8 Å². The Kier molecular flexibility index (Phi) is 6.39. The Hall–Kier alpha value is -3.36. The molecule has 3 aromatic rings. The summed E-state index contributed by atoms with van der Waals surface area (Å²) < 4.78 is 32.6. The third-order valence-electron chi connectivity index (χ3n) is 4.41. The summed E-state index contributed by atoms with van der Waals surface area (Å²) in [4.78, 5) is 12.7. The highest BCUT2D eigenvalue weighted by Gasteiger charge is 2.21. The molecule has 3 rings (SSSR count). The van der Waals surface area contributed by atoms with Crippen LogP contribution in [0, 0.1) is 0 Å². The van der Waals surface area contributed by atoms with E-state index in [1.807, 2.05) is 36.4 Å². The number of nitrogens with zero attached hydrogens (tertiary/aromatic N) is 2. The smallest absolute Gasteiger partial charge is 0.303 e. The van der Waals surface area contributed by atoms with E-state index < -0.39 is 10.2 Å². The van der Waals surface area contributed by atoms with Crippen LogP contribution >= 0.6 is 0 Å². The van der Waals surface area contributed by atoms with Crippen molar-refractivity contribution in [2.45, 2.75) is 0 Å². The van der Waals surface area contributed by atoms with E-state index in [0.29, 0.717) is 28.4 Å². The quantitative estimate of drug-likeness (QED) is 0.621. The van der Waals surface area contributed by atoms with Gasteiger partial charge < -0.3 is 10.1 Å². The van der Waals surface area contributed by atoms with Gasteiger partial charge in [-0.25, -0.2) is 0 Å². The molecule has 1 N–H and O–H groups in total. The van der Waals surface area contributed by atoms with Gasteiger partial charge in [0, 0.05) is 26.7 Å². The molecule has 0 spiro atoms. The Bertz CT molecular complexity index is 1110. The highest BCUT2D eigenvalue weighted by molar-refractivity contribution is 7.90. The largest absolute Gasteiger partial charge is 0.455 e. The number of rotatable bonds is 7. The van der Waals surface area contributed by atoms with Gasteiger partial charge >= 0.3 is 10.2 Å². The lowest BCUT2D eigenvalue weighted by molar-refractivity contribution is 0.102. The van der Waals surface area contributed by atoms with Crippen molar-refractivity contribution in [3.05, 3.63) is 84.4 Å². The van der Waals surface area contributed by atoms with E-state index in [0.717, 1.165) is 8.61 Å². The molecule has 0 radical (unpaired) electrons. The molecule has 0 atom stereocenters. The first kappa shape index (κ1) is 21.4. The van der Waals surface area contributed by atoms with Crippen LogP contribution in [0.2, 0.25) is 0 Å². The van der Waals surface area contributed by atoms with Crippen molar-refractivity contribution in [2.24, 2.45) is 0 Å². The van der Waals surface area contributed by atoms with Crippen molar-refractivity contribution < 1.29 is 17.9 Å². The maximum Gasteiger partial charge on any atom is 0.303 e. The molecule has 0 aliphatic heterocycles. The van der Waals surface area contributed by atoms with Gasteiger partial charge in [0.15, 0.2) is 5.75 Å². The van der Waals surface area contributed by atoms with Gasteiger partial charge in [0.2, 0.25) is 0 Å². The molecule has 156 valence electrons. The third-order valence-corrected chi connectivity index (χ3v) is 6.23. The molecular formula is C22H23N3O4S. The van der Waals surface area contributed by atoms with E-state index in [9.17, 15) is 13.2 Å². The fourth-order valence-corrected chi connectivity index (χ4v) is 3.55. The Morgan fingerprint density at radius 1 is 0.833 bits per heavy atom. The van der Waals surface area contributed by atoms with Crippen LogP contribution in [0.25, 0.3) is 0 Å². The number of para-hydroxylation sites is 3. The van der Waals surface area contributed by atoms with E-state index in [1.165, 1.54) is 21.1 Å². The molecule has 30 heavy (non-hydrogen) atoms. The van der Waals surface area contributed by atoms with Crippen molar-refractivity contribution >= 4 is 27.5 Å². The van der Waals surface area contributed by atoms with Crippen molar-refractivity contribution in [2.75, 3.05) is 30.8 Å². The topological polar surface area (TPSA) is 79.0 Å². The first-order chi connectivity index (χ1) is 14.3. The van der Waals surface area contributed by atoms with Crippen LogP contribution < -0.4 is 14.4 Å². The summed E-state index contributed by atoms with van der Waals surface area (Å²) in [6.45, 7) is 0. The van der Waals surface area contributed by atoms with E-state index in [-0.39, 0.29) is 5.91 Å². The molecule has 7 nitrogen and oxygen atoms in total. The van der Waals surface area contributed by atoms with Gasteiger partial charge in [0.05, 0.1) is 11.4 Å².